The van der Waals surface area contributed by atoms with Crippen molar-refractivity contribution in [1.82, 2.24) is 5.32 Å². The molecule has 0 amide bonds. The fraction of sp³-hybridized carbons (Fsp3) is 0.538. The largest absolute Gasteiger partial charge is 0.486 e. The zero-order chi connectivity index (χ0) is 12.3. The highest BCUT2D eigenvalue weighted by Gasteiger charge is 2.28. The van der Waals surface area contributed by atoms with Crippen molar-refractivity contribution in [2.24, 2.45) is 0 Å². The van der Waals surface area contributed by atoms with Gasteiger partial charge in [0.1, 0.15) is 18.8 Å². The van der Waals surface area contributed by atoms with Gasteiger partial charge in [-0.05, 0) is 31.2 Å². The molecular weight excluding hydrogens is 218 g/mol. The maximum Gasteiger partial charge on any atom is 0.161 e. The summed E-state index contributed by atoms with van der Waals surface area (Å²) in [6.07, 6.45) is 0.646. The molecule has 0 radical (unpaired) electrons. The highest BCUT2D eigenvalue weighted by molar-refractivity contribution is 5.45. The molecule has 0 aromatic heterocycles. The van der Waals surface area contributed by atoms with Crippen molar-refractivity contribution in [3.8, 4) is 11.5 Å². The van der Waals surface area contributed by atoms with Crippen molar-refractivity contribution in [2.75, 3.05) is 26.8 Å². The van der Waals surface area contributed by atoms with Gasteiger partial charge in [-0.3, -0.25) is 0 Å². The Balaban J connectivity index is 2.32. The van der Waals surface area contributed by atoms with Gasteiger partial charge in [-0.2, -0.15) is 0 Å². The normalized spacial score (nSPS) is 17.6. The van der Waals surface area contributed by atoms with Gasteiger partial charge in [-0.25, -0.2) is 0 Å². The quantitative estimate of drug-likeness (QED) is 0.828. The van der Waals surface area contributed by atoms with Crippen molar-refractivity contribution in [2.45, 2.75) is 18.9 Å². The summed E-state index contributed by atoms with van der Waals surface area (Å²) in [7, 11) is 1.83. The van der Waals surface area contributed by atoms with Crippen LogP contribution in [0.5, 0.6) is 11.5 Å². The molecule has 0 aliphatic carbocycles. The number of likely N-dealkylation sites (N-methyl/N-ethyl adjacent to an activating group) is 1. The van der Waals surface area contributed by atoms with E-state index in [4.69, 9.17) is 9.47 Å². The number of hydrogen-bond donors (Lipinski definition) is 2. The van der Waals surface area contributed by atoms with Gasteiger partial charge < -0.3 is 19.9 Å². The molecule has 17 heavy (non-hydrogen) atoms. The van der Waals surface area contributed by atoms with Crippen molar-refractivity contribution >= 4 is 0 Å². The van der Waals surface area contributed by atoms with Gasteiger partial charge >= 0.3 is 0 Å². The third kappa shape index (κ3) is 2.37. The predicted octanol–water partition coefficient (Wildman–Crippen LogP) is 1.27. The maximum atomic E-state index is 10.5. The van der Waals surface area contributed by atoms with Crippen molar-refractivity contribution in [3.05, 3.63) is 23.8 Å². The third-order valence-corrected chi connectivity index (χ3v) is 3.13. The SMILES string of the molecule is CCC(O)(CNC)c1ccc2c(c1)OCCO2. The second kappa shape index (κ2) is 4.94. The lowest BCUT2D eigenvalue weighted by atomic mass is 9.90. The van der Waals surface area contributed by atoms with Crippen LogP contribution < -0.4 is 14.8 Å². The number of rotatable bonds is 4. The van der Waals surface area contributed by atoms with Gasteiger partial charge in [-0.15, -0.1) is 0 Å². The minimum absolute atomic E-state index is 0.517. The summed E-state index contributed by atoms with van der Waals surface area (Å²) in [5.74, 6) is 1.47. The molecule has 1 aromatic carbocycles. The Hall–Kier alpha value is -1.26. The van der Waals surface area contributed by atoms with Crippen LogP contribution >= 0.6 is 0 Å². The van der Waals surface area contributed by atoms with Crippen LogP contribution in [0.4, 0.5) is 0 Å². The third-order valence-electron chi connectivity index (χ3n) is 3.13. The summed E-state index contributed by atoms with van der Waals surface area (Å²) in [5.41, 5.74) is 0.00325. The summed E-state index contributed by atoms with van der Waals surface area (Å²) in [6.45, 7) is 3.63. The monoisotopic (exact) mass is 237 g/mol. The Labute approximate surface area is 102 Å². The number of nitrogens with one attached hydrogen (secondary N) is 1. The molecule has 1 aliphatic rings. The van der Waals surface area contributed by atoms with Crippen LogP contribution in [0.25, 0.3) is 0 Å². The molecule has 4 heteroatoms. The van der Waals surface area contributed by atoms with Crippen LogP contribution in [0, 0.1) is 0 Å². The molecule has 2 N–H and O–H groups in total. The highest BCUT2D eigenvalue weighted by atomic mass is 16.6. The lowest BCUT2D eigenvalue weighted by molar-refractivity contribution is 0.0340. The van der Waals surface area contributed by atoms with Crippen LogP contribution in [-0.4, -0.2) is 31.9 Å². The molecule has 0 fully saturated rings. The van der Waals surface area contributed by atoms with Crippen molar-refractivity contribution in [1.29, 1.82) is 0 Å². The molecule has 0 spiro atoms. The summed E-state index contributed by atoms with van der Waals surface area (Å²) < 4.78 is 11.0. The van der Waals surface area contributed by atoms with E-state index in [1.165, 1.54) is 0 Å². The molecule has 94 valence electrons. The van der Waals surface area contributed by atoms with Gasteiger partial charge in [0.2, 0.25) is 0 Å². The average molecular weight is 237 g/mol. The van der Waals surface area contributed by atoms with E-state index >= 15 is 0 Å². The van der Waals surface area contributed by atoms with E-state index in [9.17, 15) is 5.11 Å². The van der Waals surface area contributed by atoms with Crippen molar-refractivity contribution < 1.29 is 14.6 Å². The molecule has 1 aromatic rings. The molecule has 1 unspecified atom stereocenters. The Bertz CT molecular complexity index is 394. The Morgan fingerprint density at radius 3 is 2.65 bits per heavy atom. The van der Waals surface area contributed by atoms with Crippen LogP contribution in [0.15, 0.2) is 18.2 Å². The van der Waals surface area contributed by atoms with E-state index in [2.05, 4.69) is 5.32 Å². The molecule has 0 saturated carbocycles. The van der Waals surface area contributed by atoms with Crippen LogP contribution in [0.1, 0.15) is 18.9 Å². The van der Waals surface area contributed by atoms with Crippen LogP contribution in [0.3, 0.4) is 0 Å². The maximum absolute atomic E-state index is 10.5. The predicted molar refractivity (Wildman–Crippen MR) is 65.5 cm³/mol. The number of fused-ring (bicyclic) bond motifs is 1. The number of ether oxygens (including phenoxy) is 2. The van der Waals surface area contributed by atoms with Gasteiger partial charge in [0, 0.05) is 6.54 Å². The summed E-state index contributed by atoms with van der Waals surface area (Å²) in [4.78, 5) is 0. The number of benzene rings is 1. The fourth-order valence-electron chi connectivity index (χ4n) is 2.06. The standard InChI is InChI=1S/C13H19NO3/c1-3-13(15,9-14-2)10-4-5-11-12(8-10)17-7-6-16-11/h4-5,8,14-15H,3,6-7,9H2,1-2H3. The van der Waals surface area contributed by atoms with Gasteiger partial charge in [-0.1, -0.05) is 13.0 Å². The lowest BCUT2D eigenvalue weighted by Crippen LogP contribution is -2.36. The first kappa shape index (κ1) is 12.2. The Morgan fingerprint density at radius 1 is 1.29 bits per heavy atom. The Kier molecular flexibility index (Phi) is 3.54. The zero-order valence-corrected chi connectivity index (χ0v) is 10.3. The first-order valence-corrected chi connectivity index (χ1v) is 5.97. The minimum Gasteiger partial charge on any atom is -0.486 e. The summed E-state index contributed by atoms with van der Waals surface area (Å²) >= 11 is 0. The Morgan fingerprint density at radius 2 is 2.00 bits per heavy atom. The lowest BCUT2D eigenvalue weighted by Gasteiger charge is -2.28. The first-order chi connectivity index (χ1) is 8.19. The van der Waals surface area contributed by atoms with Gasteiger partial charge in [0.25, 0.3) is 0 Å². The number of hydrogen-bond acceptors (Lipinski definition) is 4. The molecule has 2 rings (SSSR count). The average Bonchev–Trinajstić information content (AvgIpc) is 2.38. The summed E-state index contributed by atoms with van der Waals surface area (Å²) in [6, 6.07) is 5.63. The van der Waals surface area contributed by atoms with Crippen molar-refractivity contribution in [3.63, 3.8) is 0 Å². The van der Waals surface area contributed by atoms with Crippen LogP contribution in [-0.2, 0) is 5.60 Å². The van der Waals surface area contributed by atoms with E-state index in [0.717, 1.165) is 17.1 Å². The van der Waals surface area contributed by atoms with E-state index < -0.39 is 5.60 Å². The number of aliphatic hydroxyl groups is 1. The van der Waals surface area contributed by atoms with Gasteiger partial charge in [0.05, 0.1) is 0 Å². The van der Waals surface area contributed by atoms with Crippen LogP contribution in [0.2, 0.25) is 0 Å². The minimum atomic E-state index is -0.857. The second-order valence-corrected chi connectivity index (χ2v) is 4.27. The molecule has 0 saturated heterocycles. The molecular formula is C13H19NO3. The smallest absolute Gasteiger partial charge is 0.161 e. The fourth-order valence-corrected chi connectivity index (χ4v) is 2.06. The molecule has 1 aliphatic heterocycles. The van der Waals surface area contributed by atoms with E-state index in [-0.39, 0.29) is 0 Å². The first-order valence-electron chi connectivity index (χ1n) is 5.97. The molecule has 1 atom stereocenters. The zero-order valence-electron chi connectivity index (χ0n) is 10.3. The van der Waals surface area contributed by atoms with E-state index in [1.54, 1.807) is 0 Å². The van der Waals surface area contributed by atoms with E-state index in [1.807, 2.05) is 32.2 Å². The second-order valence-electron chi connectivity index (χ2n) is 4.27. The van der Waals surface area contributed by atoms with E-state index in [0.29, 0.717) is 26.2 Å². The summed E-state index contributed by atoms with van der Waals surface area (Å²) in [5, 5.41) is 13.5. The molecule has 0 bridgehead atoms. The highest BCUT2D eigenvalue weighted by Crippen LogP contribution is 2.35. The van der Waals surface area contributed by atoms with Gasteiger partial charge in [0.15, 0.2) is 11.5 Å². The topological polar surface area (TPSA) is 50.7 Å². The molecule has 1 heterocycles. The molecule has 4 nitrogen and oxygen atoms in total.